The zero-order chi connectivity index (χ0) is 42.2. The van der Waals surface area contributed by atoms with E-state index in [0.29, 0.717) is 28.3 Å². The third-order valence-electron chi connectivity index (χ3n) is 11.9. The maximum atomic E-state index is 14.0. The predicted molar refractivity (Wildman–Crippen MR) is 238 cm³/mol. The lowest BCUT2D eigenvalue weighted by atomic mass is 9.72. The largest absolute Gasteiger partial charge is 0.455 e. The fourth-order valence-corrected chi connectivity index (χ4v) is 11.1. The summed E-state index contributed by atoms with van der Waals surface area (Å²) >= 11 is 7.66. The number of pyridine rings is 1. The number of piperazine rings is 1. The topological polar surface area (TPSA) is 151 Å². The van der Waals surface area contributed by atoms with Crippen molar-refractivity contribution in [3.8, 4) is 11.5 Å². The van der Waals surface area contributed by atoms with E-state index in [1.54, 1.807) is 30.5 Å². The van der Waals surface area contributed by atoms with E-state index in [2.05, 4.69) is 57.4 Å². The highest BCUT2D eigenvalue weighted by Gasteiger charge is 2.33. The van der Waals surface area contributed by atoms with Gasteiger partial charge in [0, 0.05) is 83.4 Å². The first kappa shape index (κ1) is 41.8. The molecule has 2 N–H and O–H groups in total. The predicted octanol–water partition coefficient (Wildman–Crippen LogP) is 9.89. The van der Waals surface area contributed by atoms with Gasteiger partial charge in [0.1, 0.15) is 17.1 Å². The monoisotopic (exact) mass is 868 g/mol. The number of hydrogen-bond acceptors (Lipinski definition) is 10. The molecule has 8 rings (SSSR count). The molecule has 2 aliphatic heterocycles. The Labute approximate surface area is 359 Å². The number of thioether (sulfide) groups is 1. The number of rotatable bonds is 12. The fourth-order valence-electron chi connectivity index (χ4n) is 8.62. The molecule has 1 amide bonds. The summed E-state index contributed by atoms with van der Waals surface area (Å²) in [6, 6.07) is 19.5. The highest BCUT2D eigenvalue weighted by Crippen LogP contribution is 2.44. The molecule has 1 aliphatic carbocycles. The third kappa shape index (κ3) is 9.21. The zero-order valence-corrected chi connectivity index (χ0v) is 36.4. The summed E-state index contributed by atoms with van der Waals surface area (Å²) in [4.78, 5) is 38.1. The van der Waals surface area contributed by atoms with Gasteiger partial charge in [0.25, 0.3) is 21.6 Å². The highest BCUT2D eigenvalue weighted by molar-refractivity contribution is 7.99. The van der Waals surface area contributed by atoms with Crippen LogP contribution in [-0.4, -0.2) is 72.6 Å². The number of anilines is 1. The first-order valence-electron chi connectivity index (χ1n) is 20.5. The number of nitro groups is 1. The van der Waals surface area contributed by atoms with Crippen molar-refractivity contribution in [2.75, 3.05) is 43.4 Å². The molecule has 12 nitrogen and oxygen atoms in total. The number of amides is 1. The SMILES string of the molecule is CCC[C@@H]1CSc2cc(S(=O)(=O)NC(=O)c3ccc(N4CCN(CC5=C(c6ccc(Cl)cc6)CC(C)(C)CC5)CC4)cc3Oc3cnc4[nH]ccc4c3)cc([N+](=O)[O-])c2C1. The molecule has 0 radical (unpaired) electrons. The minimum atomic E-state index is -4.53. The van der Waals surface area contributed by atoms with Crippen LogP contribution in [0.2, 0.25) is 5.02 Å². The average molecular weight is 870 g/mol. The van der Waals surface area contributed by atoms with Crippen LogP contribution in [0.3, 0.4) is 0 Å². The number of carbonyl (C=O) groups excluding carboxylic acids is 1. The van der Waals surface area contributed by atoms with Crippen LogP contribution in [0.4, 0.5) is 11.4 Å². The Morgan fingerprint density at radius 2 is 1.87 bits per heavy atom. The second kappa shape index (κ2) is 17.2. The molecule has 0 saturated carbocycles. The Bertz CT molecular complexity index is 2580. The van der Waals surface area contributed by atoms with E-state index in [1.165, 1.54) is 40.7 Å². The summed E-state index contributed by atoms with van der Waals surface area (Å²) in [6.45, 7) is 10.8. The Kier molecular flexibility index (Phi) is 12.0. The lowest BCUT2D eigenvalue weighted by Crippen LogP contribution is -2.47. The van der Waals surface area contributed by atoms with E-state index < -0.39 is 20.9 Å². The van der Waals surface area contributed by atoms with Crippen LogP contribution in [0.1, 0.15) is 74.4 Å². The first-order chi connectivity index (χ1) is 28.7. The van der Waals surface area contributed by atoms with E-state index in [4.69, 9.17) is 16.3 Å². The molecule has 1 fully saturated rings. The van der Waals surface area contributed by atoms with Crippen molar-refractivity contribution in [3.63, 3.8) is 0 Å². The van der Waals surface area contributed by atoms with Crippen molar-refractivity contribution < 1.29 is 22.9 Å². The van der Waals surface area contributed by atoms with Gasteiger partial charge in [0.15, 0.2) is 0 Å². The minimum absolute atomic E-state index is 0.0127. The summed E-state index contributed by atoms with van der Waals surface area (Å²) < 4.78 is 36.2. The molecular weight excluding hydrogens is 820 g/mol. The Hall–Kier alpha value is -4.89. The quantitative estimate of drug-likeness (QED) is 0.0916. The molecule has 0 unspecified atom stereocenters. The van der Waals surface area contributed by atoms with E-state index in [1.807, 2.05) is 18.2 Å². The number of aromatic nitrogens is 2. The van der Waals surface area contributed by atoms with Gasteiger partial charge in [-0.1, -0.05) is 56.5 Å². The van der Waals surface area contributed by atoms with Gasteiger partial charge < -0.3 is 14.6 Å². The summed E-state index contributed by atoms with van der Waals surface area (Å²) in [5.74, 6) is 0.600. The molecule has 15 heteroatoms. The fraction of sp³-hybridized carbons (Fsp3) is 0.378. The maximum Gasteiger partial charge on any atom is 0.275 e. The van der Waals surface area contributed by atoms with Crippen LogP contribution >= 0.6 is 23.4 Å². The number of nitrogens with zero attached hydrogens (tertiary/aromatic N) is 4. The number of ether oxygens (including phenoxy) is 1. The second-order valence-electron chi connectivity index (χ2n) is 16.8. The highest BCUT2D eigenvalue weighted by atomic mass is 35.5. The molecule has 3 aliphatic rings. The van der Waals surface area contributed by atoms with Crippen LogP contribution in [-0.2, 0) is 16.4 Å². The summed E-state index contributed by atoms with van der Waals surface area (Å²) in [5, 5.41) is 13.7. The molecule has 2 aromatic heterocycles. The molecular formula is C45H49ClN6O6S2. The molecule has 3 aromatic carbocycles. The average Bonchev–Trinajstić information content (AvgIpc) is 3.70. The number of aromatic amines is 1. The molecule has 1 atom stereocenters. The number of fused-ring (bicyclic) bond motifs is 2. The zero-order valence-electron chi connectivity index (χ0n) is 34.0. The number of nitrogens with one attached hydrogen (secondary N) is 2. The summed E-state index contributed by atoms with van der Waals surface area (Å²) in [5.41, 5.74) is 6.12. The Morgan fingerprint density at radius 3 is 2.62 bits per heavy atom. The number of hydrogen-bond donors (Lipinski definition) is 2. The van der Waals surface area contributed by atoms with Crippen LogP contribution in [0, 0.1) is 21.4 Å². The molecule has 1 saturated heterocycles. The smallest absolute Gasteiger partial charge is 0.275 e. The Balaban J connectivity index is 1.03. The lowest BCUT2D eigenvalue weighted by Gasteiger charge is -2.39. The normalized spacial score (nSPS) is 18.3. The van der Waals surface area contributed by atoms with Crippen molar-refractivity contribution in [1.82, 2.24) is 19.6 Å². The minimum Gasteiger partial charge on any atom is -0.455 e. The van der Waals surface area contributed by atoms with Crippen LogP contribution in [0.5, 0.6) is 11.5 Å². The van der Waals surface area contributed by atoms with Gasteiger partial charge >= 0.3 is 0 Å². The number of halogens is 1. The summed E-state index contributed by atoms with van der Waals surface area (Å²) in [6.07, 6.45) is 8.91. The van der Waals surface area contributed by atoms with Gasteiger partial charge in [0.05, 0.1) is 21.6 Å². The molecule has 0 spiro atoms. The number of nitro benzene ring substituents is 1. The molecule has 314 valence electrons. The molecule has 60 heavy (non-hydrogen) atoms. The van der Waals surface area contributed by atoms with E-state index in [9.17, 15) is 23.3 Å². The number of sulfonamides is 1. The number of allylic oxidation sites excluding steroid dienone is 1. The van der Waals surface area contributed by atoms with Gasteiger partial charge in [-0.15, -0.1) is 11.8 Å². The molecule has 5 aromatic rings. The van der Waals surface area contributed by atoms with Gasteiger partial charge in [-0.2, -0.15) is 0 Å². The van der Waals surface area contributed by atoms with Crippen LogP contribution in [0.25, 0.3) is 16.6 Å². The van der Waals surface area contributed by atoms with Crippen molar-refractivity contribution in [1.29, 1.82) is 0 Å². The number of H-pyrrole nitrogens is 1. The van der Waals surface area contributed by atoms with Gasteiger partial charge in [-0.3, -0.25) is 19.8 Å². The van der Waals surface area contributed by atoms with Crippen molar-refractivity contribution in [2.24, 2.45) is 11.3 Å². The second-order valence-corrected chi connectivity index (χ2v) is 20.0. The van der Waals surface area contributed by atoms with E-state index in [-0.39, 0.29) is 33.2 Å². The number of carbonyl (C=O) groups is 1. The van der Waals surface area contributed by atoms with E-state index in [0.717, 1.165) is 92.7 Å². The van der Waals surface area contributed by atoms with Crippen LogP contribution < -0.4 is 14.4 Å². The van der Waals surface area contributed by atoms with Crippen molar-refractivity contribution in [3.05, 3.63) is 117 Å². The van der Waals surface area contributed by atoms with Gasteiger partial charge in [-0.25, -0.2) is 18.1 Å². The Morgan fingerprint density at radius 1 is 1.08 bits per heavy atom. The third-order valence-corrected chi connectivity index (χ3v) is 14.8. The lowest BCUT2D eigenvalue weighted by molar-refractivity contribution is -0.386. The first-order valence-corrected chi connectivity index (χ1v) is 23.3. The van der Waals surface area contributed by atoms with E-state index >= 15 is 0 Å². The van der Waals surface area contributed by atoms with Crippen molar-refractivity contribution >= 4 is 67.3 Å². The van der Waals surface area contributed by atoms with Gasteiger partial charge in [0.2, 0.25) is 0 Å². The van der Waals surface area contributed by atoms with Gasteiger partial charge in [-0.05, 0) is 97.0 Å². The maximum absolute atomic E-state index is 14.0. The molecule has 0 bridgehead atoms. The van der Waals surface area contributed by atoms with Crippen LogP contribution in [0.15, 0.2) is 94.5 Å². The number of benzene rings is 3. The van der Waals surface area contributed by atoms with Crippen molar-refractivity contribution in [2.45, 2.75) is 69.1 Å². The summed E-state index contributed by atoms with van der Waals surface area (Å²) in [7, 11) is -4.53. The standard InChI is InChI=1S/C45H49ClN6O6S2/c1-4-5-29-20-38-40(52(54)55)23-36(24-42(38)59-28-29)60(56,57)49-44(53)37-11-10-34(22-41(37)58-35-21-31-13-15-47-43(31)48-26-35)51-18-16-50(17-19-51)27-32-12-14-45(2,3)25-39(32)30-6-8-33(46)9-7-30/h6-11,13,15,21-24,26,29H,4-5,12,14,16-20,25,27-28H2,1-3H3,(H,47,48)(H,49,53)/t29-/m0/s1. The molecule has 4 heterocycles.